The molecule has 0 unspecified atom stereocenters. The van der Waals surface area contributed by atoms with Crippen molar-refractivity contribution < 1.29 is 23.3 Å². The standard InChI is InChI=1S/C13H9.C12H10Si.C5H5.Zr/c1-3-7-12-10(5-1)9-11-6-2-4-8-13(11)12;1-3-7-11(8-4-1)13-12-9-5-2-6-10-12;1-2-4-5-3-1;/h1-9H;1-10H;1-5H;/q-1;;-1;+2. The smallest absolute Gasteiger partial charge is 0.0771 e. The number of rotatable bonds is 2. The van der Waals surface area contributed by atoms with Gasteiger partial charge >= 0.3 is 99.8 Å². The summed E-state index contributed by atoms with van der Waals surface area (Å²) in [5.41, 5.74) is -0.455. The third kappa shape index (κ3) is 5.91. The Bertz CT molecular complexity index is 1260. The van der Waals surface area contributed by atoms with Gasteiger partial charge in [0.15, 0.2) is 0 Å². The number of benzene rings is 4. The third-order valence-corrected chi connectivity index (χ3v) is 11.3. The van der Waals surface area contributed by atoms with Crippen LogP contribution in [0, 0.1) is 0 Å². The van der Waals surface area contributed by atoms with Crippen molar-refractivity contribution >= 4 is 37.4 Å². The minimum Gasteiger partial charge on any atom is -0.214 e. The normalized spacial score (nSPS) is 10.1. The molecule has 0 aliphatic heterocycles. The summed E-state index contributed by atoms with van der Waals surface area (Å²) in [5, 5.41) is 8.42. The molecule has 32 heavy (non-hydrogen) atoms. The Kier molecular flexibility index (Phi) is 8.20. The average molecular weight is 504 g/mol. The van der Waals surface area contributed by atoms with Gasteiger partial charge in [-0.25, -0.2) is 12.1 Å². The van der Waals surface area contributed by atoms with Gasteiger partial charge in [0.1, 0.15) is 0 Å². The Morgan fingerprint density at radius 1 is 0.469 bits per heavy atom. The van der Waals surface area contributed by atoms with Crippen LogP contribution in [-0.4, -0.2) is 5.43 Å². The zero-order valence-electron chi connectivity index (χ0n) is 17.9. The molecule has 0 saturated heterocycles. The summed E-state index contributed by atoms with van der Waals surface area (Å²) < 4.78 is 0. The molecule has 0 bridgehead atoms. The quantitative estimate of drug-likeness (QED) is 0.188. The van der Waals surface area contributed by atoms with Gasteiger partial charge in [0.2, 0.25) is 0 Å². The molecule has 0 fully saturated rings. The Labute approximate surface area is 205 Å². The number of fused-ring (bicyclic) bond motifs is 3. The maximum Gasteiger partial charge on any atom is -0.0771 e. The number of hydrogen-bond donors (Lipinski definition) is 0. The van der Waals surface area contributed by atoms with Crippen LogP contribution in [0.4, 0.5) is 0 Å². The van der Waals surface area contributed by atoms with Gasteiger partial charge in [0.25, 0.3) is 0 Å². The Hall–Kier alpha value is -2.80. The van der Waals surface area contributed by atoms with Gasteiger partial charge in [-0.05, 0) is 0 Å². The van der Waals surface area contributed by atoms with E-state index in [1.54, 1.807) is 23.3 Å². The van der Waals surface area contributed by atoms with Crippen LogP contribution >= 0.6 is 0 Å². The van der Waals surface area contributed by atoms with Gasteiger partial charge in [-0.15, -0.1) is 39.7 Å². The topological polar surface area (TPSA) is 0 Å². The SMILES string of the molecule is [Zr+2]=[Si](c1ccccc1)c1ccccc1.c1cc[cH-]c1.c1ccc2c(c1)[cH-]c1ccccc12. The van der Waals surface area contributed by atoms with E-state index in [0.29, 0.717) is 0 Å². The first-order chi connectivity index (χ1) is 15.8. The van der Waals surface area contributed by atoms with E-state index in [0.717, 1.165) is 0 Å². The Morgan fingerprint density at radius 2 is 0.875 bits per heavy atom. The molecule has 0 nitrogen and oxygen atoms in total. The second-order valence-corrected chi connectivity index (χ2v) is 13.0. The van der Waals surface area contributed by atoms with Crippen molar-refractivity contribution in [3.63, 3.8) is 0 Å². The fourth-order valence-corrected chi connectivity index (χ4v) is 7.44. The summed E-state index contributed by atoms with van der Waals surface area (Å²) in [6, 6.07) is 51.0. The minimum atomic E-state index is -0.455. The summed E-state index contributed by atoms with van der Waals surface area (Å²) in [4.78, 5) is 0. The molecule has 0 saturated carbocycles. The van der Waals surface area contributed by atoms with Crippen molar-refractivity contribution in [1.82, 2.24) is 0 Å². The van der Waals surface area contributed by atoms with Crippen LogP contribution in [0.2, 0.25) is 0 Å². The van der Waals surface area contributed by atoms with Gasteiger partial charge in [-0.2, -0.15) is 18.2 Å². The van der Waals surface area contributed by atoms with Gasteiger partial charge in [0, 0.05) is 0 Å². The van der Waals surface area contributed by atoms with Crippen LogP contribution in [0.25, 0.3) is 21.5 Å². The predicted molar refractivity (Wildman–Crippen MR) is 137 cm³/mol. The Balaban J connectivity index is 0.000000127. The van der Waals surface area contributed by atoms with E-state index in [1.807, 2.05) is 30.3 Å². The molecule has 6 aromatic rings. The van der Waals surface area contributed by atoms with E-state index in [1.165, 1.54) is 31.9 Å². The van der Waals surface area contributed by atoms with E-state index in [4.69, 9.17) is 0 Å². The molecule has 6 rings (SSSR count). The molecule has 0 radical (unpaired) electrons. The van der Waals surface area contributed by atoms with E-state index in [2.05, 4.69) is 115 Å². The zero-order chi connectivity index (χ0) is 22.0. The molecule has 0 atom stereocenters. The van der Waals surface area contributed by atoms with Crippen LogP contribution in [0.1, 0.15) is 0 Å². The van der Waals surface area contributed by atoms with Crippen molar-refractivity contribution in [3.05, 3.63) is 146 Å². The molecular weight excluding hydrogens is 480 g/mol. The van der Waals surface area contributed by atoms with Crippen LogP contribution in [0.5, 0.6) is 0 Å². The second kappa shape index (κ2) is 11.7. The van der Waals surface area contributed by atoms with E-state index >= 15 is 0 Å². The minimum absolute atomic E-state index is 0.455. The molecule has 0 spiro atoms. The van der Waals surface area contributed by atoms with Crippen molar-refractivity contribution in [3.8, 4) is 0 Å². The summed E-state index contributed by atoms with van der Waals surface area (Å²) >= 11 is 1.64. The fraction of sp³-hybridized carbons (Fsp3) is 0. The molecule has 0 N–H and O–H groups in total. The van der Waals surface area contributed by atoms with E-state index in [9.17, 15) is 0 Å². The average Bonchev–Trinajstić information content (AvgIpc) is 3.57. The summed E-state index contributed by atoms with van der Waals surface area (Å²) in [7, 11) is 0. The monoisotopic (exact) mass is 502 g/mol. The largest absolute Gasteiger partial charge is 0.214 e. The third-order valence-electron chi connectivity index (χ3n) is 5.20. The Morgan fingerprint density at radius 3 is 1.28 bits per heavy atom. The zero-order valence-corrected chi connectivity index (χ0v) is 21.3. The van der Waals surface area contributed by atoms with Gasteiger partial charge < -0.3 is 0 Å². The van der Waals surface area contributed by atoms with Gasteiger partial charge in [-0.1, -0.05) is 36.4 Å². The summed E-state index contributed by atoms with van der Waals surface area (Å²) in [5.74, 6) is 0. The number of hydrogen-bond acceptors (Lipinski definition) is 0. The molecule has 0 aliphatic carbocycles. The first-order valence-electron chi connectivity index (χ1n) is 10.7. The van der Waals surface area contributed by atoms with Gasteiger partial charge in [0.05, 0.1) is 0 Å². The first-order valence-corrected chi connectivity index (χ1v) is 15.9. The predicted octanol–water partition coefficient (Wildman–Crippen LogP) is 6.46. The molecule has 0 aliphatic rings. The molecule has 152 valence electrons. The summed E-state index contributed by atoms with van der Waals surface area (Å²) in [6.45, 7) is 0. The van der Waals surface area contributed by atoms with E-state index < -0.39 is 5.43 Å². The van der Waals surface area contributed by atoms with Crippen molar-refractivity contribution in [2.45, 2.75) is 0 Å². The van der Waals surface area contributed by atoms with Crippen molar-refractivity contribution in [2.75, 3.05) is 0 Å². The molecule has 0 aromatic heterocycles. The van der Waals surface area contributed by atoms with Crippen molar-refractivity contribution in [1.29, 1.82) is 0 Å². The molecule has 6 aromatic carbocycles. The van der Waals surface area contributed by atoms with E-state index in [-0.39, 0.29) is 0 Å². The first kappa shape index (κ1) is 22.4. The van der Waals surface area contributed by atoms with Crippen LogP contribution in [0.3, 0.4) is 0 Å². The maximum absolute atomic E-state index is 2.25. The maximum atomic E-state index is 2.25. The van der Waals surface area contributed by atoms with Gasteiger partial charge in [-0.3, -0.25) is 0 Å². The van der Waals surface area contributed by atoms with Crippen LogP contribution in [-0.2, 0) is 23.3 Å². The van der Waals surface area contributed by atoms with Crippen LogP contribution < -0.4 is 10.4 Å². The van der Waals surface area contributed by atoms with Crippen molar-refractivity contribution in [2.24, 2.45) is 0 Å². The molecule has 0 amide bonds. The van der Waals surface area contributed by atoms with Crippen LogP contribution in [0.15, 0.2) is 146 Å². The fourth-order valence-electron chi connectivity index (χ4n) is 3.60. The summed E-state index contributed by atoms with van der Waals surface area (Å²) in [6.07, 6.45) is 0. The molecule has 0 heterocycles. The second-order valence-electron chi connectivity index (χ2n) is 7.39. The molecule has 2 heteroatoms. The molecular formula is C30H24SiZr.